The molecule has 0 aliphatic carbocycles. The molecule has 0 radical (unpaired) electrons. The summed E-state index contributed by atoms with van der Waals surface area (Å²) in [4.78, 5) is 14.3. The Morgan fingerprint density at radius 3 is 2.50 bits per heavy atom. The summed E-state index contributed by atoms with van der Waals surface area (Å²) in [6.45, 7) is 2.08. The Balaban J connectivity index is 0. The molecule has 4 heteroatoms. The number of rotatable bonds is 4. The van der Waals surface area contributed by atoms with Crippen LogP contribution < -0.4 is 35.5 Å². The van der Waals surface area contributed by atoms with Crippen molar-refractivity contribution < 1.29 is 39.2 Å². The maximum absolute atomic E-state index is 10.3. The van der Waals surface area contributed by atoms with Crippen molar-refractivity contribution in [3.05, 3.63) is 0 Å². The van der Waals surface area contributed by atoms with E-state index in [9.17, 15) is 4.79 Å². The van der Waals surface area contributed by atoms with Crippen molar-refractivity contribution in [3.63, 3.8) is 0 Å². The quantitative estimate of drug-likeness (QED) is 0.289. The Labute approximate surface area is 83.5 Å². The average molecular weight is 154 g/mol. The zero-order valence-corrected chi connectivity index (χ0v) is 8.72. The summed E-state index contributed by atoms with van der Waals surface area (Å²) in [6.07, 6.45) is 3.50. The summed E-state index contributed by atoms with van der Waals surface area (Å²) < 4.78 is 0. The molecule has 0 aliphatic rings. The van der Waals surface area contributed by atoms with Crippen molar-refractivity contribution in [2.45, 2.75) is 32.6 Å². The van der Waals surface area contributed by atoms with Gasteiger partial charge in [-0.05, 0) is 6.42 Å². The van der Waals surface area contributed by atoms with Gasteiger partial charge in [0.05, 0.1) is 0 Å². The first-order chi connectivity index (χ1) is 4.31. The van der Waals surface area contributed by atoms with Crippen LogP contribution in [-0.4, -0.2) is 5.97 Å². The maximum atomic E-state index is 10.3. The van der Waals surface area contributed by atoms with Gasteiger partial charge in [-0.3, -0.25) is 4.79 Å². The van der Waals surface area contributed by atoms with Gasteiger partial charge in [-0.25, -0.2) is 0 Å². The second-order valence-electron chi connectivity index (χ2n) is 1.95. The number of unbranched alkanes of at least 4 members (excludes halogenated alkanes) is 2. The predicted molar refractivity (Wildman–Crippen MR) is 34.4 cm³/mol. The summed E-state index contributed by atoms with van der Waals surface area (Å²) in [5, 5.41) is 0. The summed E-state index contributed by atoms with van der Waals surface area (Å²) in [5.41, 5.74) is 0. The first-order valence-electron chi connectivity index (χ1n) is 3.20. The second kappa shape index (κ2) is 9.43. The van der Waals surface area contributed by atoms with Crippen LogP contribution in [0.3, 0.4) is 0 Å². The summed E-state index contributed by atoms with van der Waals surface area (Å²) in [6, 6.07) is 0. The van der Waals surface area contributed by atoms with Crippen LogP contribution in [0.15, 0.2) is 0 Å². The van der Waals surface area contributed by atoms with Crippen molar-refractivity contribution in [2.75, 3.05) is 0 Å². The van der Waals surface area contributed by atoms with E-state index < -0.39 is 0 Å². The second-order valence-corrected chi connectivity index (χ2v) is 1.95. The zero-order chi connectivity index (χ0) is 7.11. The molecular weight excluding hydrogens is 141 g/mol. The van der Waals surface area contributed by atoms with Gasteiger partial charge in [0, 0.05) is 6.42 Å². The third kappa shape index (κ3) is 8.43. The fraction of sp³-hybridized carbons (Fsp3) is 0.833. The summed E-state index contributed by atoms with van der Waals surface area (Å²) in [5.74, 6) is 4.29. The van der Waals surface area contributed by atoms with Gasteiger partial charge in [0.15, 0.2) is 0 Å². The Morgan fingerprint density at radius 2 is 2.10 bits per heavy atom. The van der Waals surface area contributed by atoms with Crippen LogP contribution >= 0.6 is 0 Å². The van der Waals surface area contributed by atoms with Gasteiger partial charge in [0.2, 0.25) is 0 Å². The van der Waals surface area contributed by atoms with Gasteiger partial charge in [-0.2, -0.15) is 5.90 Å². The molecule has 0 saturated carbocycles. The zero-order valence-electron chi connectivity index (χ0n) is 6.72. The molecule has 54 valence electrons. The Hall–Kier alpha value is 0.430. The number of hydrogen-bond acceptors (Lipinski definition) is 3. The monoisotopic (exact) mass is 154 g/mol. The minimum atomic E-state index is -0.316. The van der Waals surface area contributed by atoms with Crippen molar-refractivity contribution in [1.29, 1.82) is 0 Å². The molecule has 0 heterocycles. The van der Waals surface area contributed by atoms with E-state index in [1.54, 1.807) is 0 Å². The van der Waals surface area contributed by atoms with Crippen molar-refractivity contribution in [3.8, 4) is 0 Å². The number of carbonyl (C=O) groups is 1. The minimum absolute atomic E-state index is 0. The molecule has 0 rings (SSSR count). The molecule has 0 unspecified atom stereocenters. The standard InChI is InChI=1S/C6H13NO2.Na/c1-2-3-4-5-6(8)9-7;/h2-5,7H2,1H3;/q;+1. The molecule has 3 nitrogen and oxygen atoms in total. The Morgan fingerprint density at radius 1 is 1.50 bits per heavy atom. The molecule has 10 heavy (non-hydrogen) atoms. The SMILES string of the molecule is CCCCCC(=O)ON.[Na+]. The maximum Gasteiger partial charge on any atom is 1.00 e. The van der Waals surface area contributed by atoms with E-state index in [0.29, 0.717) is 6.42 Å². The van der Waals surface area contributed by atoms with E-state index >= 15 is 0 Å². The topological polar surface area (TPSA) is 52.3 Å². The van der Waals surface area contributed by atoms with Crippen LogP contribution in [0.2, 0.25) is 0 Å². The smallest absolute Gasteiger partial charge is 0.373 e. The van der Waals surface area contributed by atoms with E-state index in [-0.39, 0.29) is 35.5 Å². The van der Waals surface area contributed by atoms with Gasteiger partial charge < -0.3 is 4.84 Å². The normalized spacial score (nSPS) is 8.20. The average Bonchev–Trinajstić information content (AvgIpc) is 1.89. The number of carbonyl (C=O) groups excluding carboxylic acids is 1. The van der Waals surface area contributed by atoms with Crippen molar-refractivity contribution in [1.82, 2.24) is 0 Å². The first-order valence-corrected chi connectivity index (χ1v) is 3.20. The predicted octanol–water partition coefficient (Wildman–Crippen LogP) is -2.01. The molecule has 0 aromatic heterocycles. The molecule has 0 saturated heterocycles. The fourth-order valence-electron chi connectivity index (χ4n) is 0.578. The molecular formula is C6H13NNaO2+. The molecule has 0 spiro atoms. The first kappa shape index (κ1) is 13.1. The van der Waals surface area contributed by atoms with E-state index in [1.165, 1.54) is 0 Å². The van der Waals surface area contributed by atoms with E-state index in [2.05, 4.69) is 17.7 Å². The largest absolute Gasteiger partial charge is 1.00 e. The van der Waals surface area contributed by atoms with Crippen LogP contribution in [0.1, 0.15) is 32.6 Å². The van der Waals surface area contributed by atoms with Gasteiger partial charge in [-0.15, -0.1) is 0 Å². The molecule has 0 aliphatic heterocycles. The minimum Gasteiger partial charge on any atom is -0.373 e. The van der Waals surface area contributed by atoms with Crippen LogP contribution in [-0.2, 0) is 9.63 Å². The molecule has 0 amide bonds. The third-order valence-electron chi connectivity index (χ3n) is 1.12. The van der Waals surface area contributed by atoms with Crippen molar-refractivity contribution >= 4 is 5.97 Å². The van der Waals surface area contributed by atoms with Crippen LogP contribution in [0.5, 0.6) is 0 Å². The molecule has 0 fully saturated rings. The van der Waals surface area contributed by atoms with Gasteiger partial charge in [0.1, 0.15) is 0 Å². The van der Waals surface area contributed by atoms with Crippen LogP contribution in [0, 0.1) is 0 Å². The molecule has 0 aromatic rings. The van der Waals surface area contributed by atoms with Crippen molar-refractivity contribution in [2.24, 2.45) is 5.90 Å². The molecule has 0 bridgehead atoms. The molecule has 0 atom stereocenters. The summed E-state index contributed by atoms with van der Waals surface area (Å²) >= 11 is 0. The number of hydrogen-bond donors (Lipinski definition) is 1. The van der Waals surface area contributed by atoms with E-state index in [0.717, 1.165) is 19.3 Å². The third-order valence-corrected chi connectivity index (χ3v) is 1.12. The van der Waals surface area contributed by atoms with Crippen LogP contribution in [0.25, 0.3) is 0 Å². The van der Waals surface area contributed by atoms with Crippen LogP contribution in [0.4, 0.5) is 0 Å². The van der Waals surface area contributed by atoms with Gasteiger partial charge >= 0.3 is 35.5 Å². The van der Waals surface area contributed by atoms with Gasteiger partial charge in [-0.1, -0.05) is 19.8 Å². The molecule has 0 aromatic carbocycles. The van der Waals surface area contributed by atoms with Gasteiger partial charge in [0.25, 0.3) is 0 Å². The summed E-state index contributed by atoms with van der Waals surface area (Å²) in [7, 11) is 0. The Bertz CT molecular complexity index is 87.8. The van der Waals surface area contributed by atoms with E-state index in [1.807, 2.05) is 0 Å². The fourth-order valence-corrected chi connectivity index (χ4v) is 0.578. The number of nitrogens with two attached hydrogens (primary N) is 1. The van der Waals surface area contributed by atoms with E-state index in [4.69, 9.17) is 0 Å². The Kier molecular flexibility index (Phi) is 12.3. The molecule has 2 N–H and O–H groups in total.